The van der Waals surface area contributed by atoms with Crippen LogP contribution < -0.4 is 5.32 Å². The highest BCUT2D eigenvalue weighted by molar-refractivity contribution is 5.79. The van der Waals surface area contributed by atoms with Crippen molar-refractivity contribution in [2.24, 2.45) is 7.05 Å². The number of para-hydroxylation sites is 2. The number of halogens is 6. The molecule has 1 fully saturated rings. The average molecular weight is 511 g/mol. The quantitative estimate of drug-likeness (QED) is 0.441. The van der Waals surface area contributed by atoms with Crippen molar-refractivity contribution in [1.29, 1.82) is 0 Å². The molecule has 16 heteroatoms. The van der Waals surface area contributed by atoms with Gasteiger partial charge in [0.25, 0.3) is 0 Å². The predicted octanol–water partition coefficient (Wildman–Crippen LogP) is 3.36. The fraction of sp³-hybridized carbons (Fsp3) is 0.421. The molecule has 0 aliphatic carbocycles. The second-order valence-corrected chi connectivity index (χ2v) is 7.07. The molecule has 192 valence electrons. The second-order valence-electron chi connectivity index (χ2n) is 7.07. The Morgan fingerprint density at radius 2 is 1.51 bits per heavy atom. The monoisotopic (exact) mass is 511 g/mol. The summed E-state index contributed by atoms with van der Waals surface area (Å²) in [5.74, 6) is -3.09. The number of aliphatic carboxylic acids is 2. The first kappa shape index (κ1) is 27.6. The lowest BCUT2D eigenvalue weighted by Crippen LogP contribution is -2.26. The fourth-order valence-corrected chi connectivity index (χ4v) is 2.91. The number of hydrogen-bond acceptors (Lipinski definition) is 7. The lowest BCUT2D eigenvalue weighted by atomic mass is 9.98. The van der Waals surface area contributed by atoms with E-state index in [0.29, 0.717) is 11.7 Å². The Bertz CT molecular complexity index is 1130. The van der Waals surface area contributed by atoms with Gasteiger partial charge in [0.2, 0.25) is 11.7 Å². The molecule has 1 aliphatic heterocycles. The van der Waals surface area contributed by atoms with Gasteiger partial charge in [-0.25, -0.2) is 14.6 Å². The number of benzene rings is 1. The Hall–Kier alpha value is -3.69. The number of nitrogens with zero attached hydrogens (tertiary/aromatic N) is 4. The van der Waals surface area contributed by atoms with E-state index in [2.05, 4.69) is 20.4 Å². The van der Waals surface area contributed by atoms with Gasteiger partial charge in [-0.15, -0.1) is 0 Å². The molecule has 0 amide bonds. The van der Waals surface area contributed by atoms with Gasteiger partial charge < -0.3 is 24.6 Å². The van der Waals surface area contributed by atoms with Crippen LogP contribution in [0, 0.1) is 0 Å². The Labute approximate surface area is 192 Å². The molecule has 10 nitrogen and oxygen atoms in total. The van der Waals surface area contributed by atoms with Gasteiger partial charge in [-0.05, 0) is 38.1 Å². The minimum absolute atomic E-state index is 0.363. The van der Waals surface area contributed by atoms with Crippen molar-refractivity contribution in [1.82, 2.24) is 25.0 Å². The maximum Gasteiger partial charge on any atom is 0.490 e. The minimum atomic E-state index is -5.08. The molecule has 2 aromatic heterocycles. The van der Waals surface area contributed by atoms with Crippen LogP contribution in [0.4, 0.5) is 26.3 Å². The zero-order valence-electron chi connectivity index (χ0n) is 17.9. The third-order valence-electron chi connectivity index (χ3n) is 4.60. The van der Waals surface area contributed by atoms with Crippen molar-refractivity contribution in [2.75, 3.05) is 13.1 Å². The van der Waals surface area contributed by atoms with Crippen LogP contribution in [0.25, 0.3) is 22.7 Å². The summed E-state index contributed by atoms with van der Waals surface area (Å²) in [5, 5.41) is 21.7. The molecule has 35 heavy (non-hydrogen) atoms. The molecule has 1 aliphatic rings. The van der Waals surface area contributed by atoms with Gasteiger partial charge in [0, 0.05) is 13.0 Å². The molecule has 3 aromatic rings. The molecule has 0 spiro atoms. The van der Waals surface area contributed by atoms with E-state index < -0.39 is 24.3 Å². The van der Waals surface area contributed by atoms with Gasteiger partial charge in [-0.1, -0.05) is 17.3 Å². The molecule has 3 heterocycles. The summed E-state index contributed by atoms with van der Waals surface area (Å²) in [4.78, 5) is 27.0. The Morgan fingerprint density at radius 3 is 2.00 bits per heavy atom. The number of rotatable bonds is 2. The molecule has 1 saturated heterocycles. The van der Waals surface area contributed by atoms with E-state index in [1.165, 1.54) is 0 Å². The van der Waals surface area contributed by atoms with Crippen LogP contribution in [0.15, 0.2) is 28.8 Å². The first-order valence-electron chi connectivity index (χ1n) is 9.78. The summed E-state index contributed by atoms with van der Waals surface area (Å²) in [7, 11) is 1.98. The summed E-state index contributed by atoms with van der Waals surface area (Å²) in [6.45, 7) is 2.02. The van der Waals surface area contributed by atoms with Crippen LogP contribution in [0.1, 0.15) is 24.7 Å². The third kappa shape index (κ3) is 7.66. The Balaban J connectivity index is 0.000000257. The first-order valence-corrected chi connectivity index (χ1v) is 9.78. The summed E-state index contributed by atoms with van der Waals surface area (Å²) >= 11 is 0. The number of alkyl halides is 6. The van der Waals surface area contributed by atoms with E-state index >= 15 is 0 Å². The lowest BCUT2D eigenvalue weighted by Gasteiger charge is -2.18. The summed E-state index contributed by atoms with van der Waals surface area (Å²) in [6.07, 6.45) is -8.08. The van der Waals surface area contributed by atoms with Crippen molar-refractivity contribution in [2.45, 2.75) is 31.1 Å². The summed E-state index contributed by atoms with van der Waals surface area (Å²) < 4.78 is 70.9. The molecular weight excluding hydrogens is 492 g/mol. The van der Waals surface area contributed by atoms with E-state index in [9.17, 15) is 26.3 Å². The standard InChI is InChI=1S/C15H17N5O.2C2HF3O2/c1-20-12-5-3-2-4-11(12)17-14(20)13-18-15(21-19-13)10-6-8-16-9-7-10;2*3-2(4,5)1(6)7/h2-5,10,16H,6-9H2,1H3;2*(H,6,7). The maximum absolute atomic E-state index is 10.6. The number of nitrogens with one attached hydrogen (secondary N) is 1. The highest BCUT2D eigenvalue weighted by Gasteiger charge is 2.38. The number of piperidine rings is 1. The van der Waals surface area contributed by atoms with E-state index in [1.54, 1.807) is 0 Å². The largest absolute Gasteiger partial charge is 0.490 e. The number of aromatic nitrogens is 4. The molecule has 3 N–H and O–H groups in total. The SMILES string of the molecule is Cn1c(-c2noc(C3CCNCC3)n2)nc2ccccc21.O=C(O)C(F)(F)F.O=C(O)C(F)(F)F. The van der Waals surface area contributed by atoms with E-state index in [-0.39, 0.29) is 0 Å². The minimum Gasteiger partial charge on any atom is -0.475 e. The van der Waals surface area contributed by atoms with Gasteiger partial charge in [0.05, 0.1) is 11.0 Å². The molecular formula is C19H19F6N5O5. The van der Waals surface area contributed by atoms with Crippen LogP contribution in [-0.2, 0) is 16.6 Å². The van der Waals surface area contributed by atoms with Gasteiger partial charge >= 0.3 is 24.3 Å². The van der Waals surface area contributed by atoms with E-state index in [1.807, 2.05) is 35.9 Å². The Morgan fingerprint density at radius 1 is 1.00 bits per heavy atom. The predicted molar refractivity (Wildman–Crippen MR) is 106 cm³/mol. The summed E-state index contributed by atoms with van der Waals surface area (Å²) in [6, 6.07) is 8.02. The maximum atomic E-state index is 10.6. The lowest BCUT2D eigenvalue weighted by molar-refractivity contribution is -0.193. The molecule has 4 rings (SSSR count). The third-order valence-corrected chi connectivity index (χ3v) is 4.60. The van der Waals surface area contributed by atoms with Crippen molar-refractivity contribution in [3.8, 4) is 11.6 Å². The van der Waals surface area contributed by atoms with Crippen molar-refractivity contribution in [3.63, 3.8) is 0 Å². The highest BCUT2D eigenvalue weighted by atomic mass is 19.4. The highest BCUT2D eigenvalue weighted by Crippen LogP contribution is 2.27. The van der Waals surface area contributed by atoms with Gasteiger partial charge in [0.15, 0.2) is 5.82 Å². The van der Waals surface area contributed by atoms with Crippen LogP contribution >= 0.6 is 0 Å². The molecule has 0 radical (unpaired) electrons. The van der Waals surface area contributed by atoms with Gasteiger partial charge in [-0.2, -0.15) is 31.3 Å². The van der Waals surface area contributed by atoms with Gasteiger partial charge in [0.1, 0.15) is 0 Å². The van der Waals surface area contributed by atoms with Crippen LogP contribution in [0.5, 0.6) is 0 Å². The van der Waals surface area contributed by atoms with Crippen molar-refractivity contribution < 1.29 is 50.7 Å². The Kier molecular flexibility index (Phi) is 8.78. The number of carbonyl (C=O) groups is 2. The molecule has 0 bridgehead atoms. The van der Waals surface area contributed by atoms with Crippen LogP contribution in [0.2, 0.25) is 0 Å². The number of fused-ring (bicyclic) bond motifs is 1. The van der Waals surface area contributed by atoms with Crippen molar-refractivity contribution in [3.05, 3.63) is 30.2 Å². The second kappa shape index (κ2) is 11.2. The van der Waals surface area contributed by atoms with E-state index in [4.69, 9.17) is 24.3 Å². The smallest absolute Gasteiger partial charge is 0.475 e. The number of carboxylic acids is 2. The average Bonchev–Trinajstić information content (AvgIpc) is 3.39. The molecule has 0 saturated carbocycles. The molecule has 1 aromatic carbocycles. The summed E-state index contributed by atoms with van der Waals surface area (Å²) in [5.41, 5.74) is 2.02. The fourth-order valence-electron chi connectivity index (χ4n) is 2.91. The number of carboxylic acid groups (broad SMARTS) is 2. The number of aryl methyl sites for hydroxylation is 1. The van der Waals surface area contributed by atoms with Gasteiger partial charge in [-0.3, -0.25) is 0 Å². The van der Waals surface area contributed by atoms with Crippen LogP contribution in [0.3, 0.4) is 0 Å². The van der Waals surface area contributed by atoms with Crippen LogP contribution in [-0.4, -0.2) is 67.3 Å². The normalized spacial score (nSPS) is 14.5. The topological polar surface area (TPSA) is 143 Å². The number of imidazole rings is 1. The van der Waals surface area contributed by atoms with E-state index in [0.717, 1.165) is 48.7 Å². The molecule has 0 atom stereocenters. The number of hydrogen-bond donors (Lipinski definition) is 3. The van der Waals surface area contributed by atoms with Crippen molar-refractivity contribution >= 4 is 23.0 Å². The zero-order chi connectivity index (χ0) is 26.4. The first-order chi connectivity index (χ1) is 16.2. The molecule has 0 unspecified atom stereocenters. The zero-order valence-corrected chi connectivity index (χ0v) is 17.9.